The molecule has 0 aliphatic heterocycles. The van der Waals surface area contributed by atoms with E-state index in [1.54, 1.807) is 0 Å². The van der Waals surface area contributed by atoms with Crippen LogP contribution in [0.2, 0.25) is 0 Å². The molecule has 0 N–H and O–H groups in total. The Morgan fingerprint density at radius 2 is 1.47 bits per heavy atom. The molecule has 0 saturated carbocycles. The summed E-state index contributed by atoms with van der Waals surface area (Å²) in [5, 5.41) is 0.589. The summed E-state index contributed by atoms with van der Waals surface area (Å²) in [4.78, 5) is 11.2. The lowest BCUT2D eigenvalue weighted by atomic mass is 9.88. The van der Waals surface area contributed by atoms with Gasteiger partial charge in [0.2, 0.25) is 0 Å². The van der Waals surface area contributed by atoms with E-state index in [-0.39, 0.29) is 25.6 Å². The predicted molar refractivity (Wildman–Crippen MR) is 85.7 cm³/mol. The zero-order valence-corrected chi connectivity index (χ0v) is 13.6. The average Bonchev–Trinajstić information content (AvgIpc) is 2.37. The van der Waals surface area contributed by atoms with Gasteiger partial charge in [-0.2, -0.15) is 12.6 Å². The second kappa shape index (κ2) is 9.50. The highest BCUT2D eigenvalue weighted by Gasteiger charge is 2.32. The van der Waals surface area contributed by atoms with E-state index in [2.05, 4.69) is 51.0 Å². The van der Waals surface area contributed by atoms with Crippen molar-refractivity contribution in [2.45, 2.75) is 13.3 Å². The van der Waals surface area contributed by atoms with Gasteiger partial charge in [-0.05, 0) is 6.42 Å². The summed E-state index contributed by atoms with van der Waals surface area (Å²) in [6, 6.07) is 0. The van der Waals surface area contributed by atoms with Gasteiger partial charge in [-0.1, -0.05) is 20.1 Å². The van der Waals surface area contributed by atoms with E-state index in [1.165, 1.54) is 0 Å². The molecule has 110 valence electrons. The van der Waals surface area contributed by atoms with Crippen molar-refractivity contribution in [1.29, 1.82) is 0 Å². The van der Waals surface area contributed by atoms with Crippen LogP contribution in [0.15, 0.2) is 23.3 Å². The van der Waals surface area contributed by atoms with E-state index >= 15 is 0 Å². The topological polar surface area (TPSA) is 44.8 Å². The summed E-state index contributed by atoms with van der Waals surface area (Å²) >= 11 is 11.8. The molecule has 0 saturated heterocycles. The number of thiol groups is 3. The number of carbonyl (C=O) groups excluding carboxylic acids is 1. The van der Waals surface area contributed by atoms with Gasteiger partial charge < -0.3 is 14.2 Å². The van der Waals surface area contributed by atoms with Crippen LogP contribution in [-0.4, -0.2) is 31.5 Å². The number of ether oxygens (including phenoxy) is 3. The van der Waals surface area contributed by atoms with Gasteiger partial charge in [0.25, 0.3) is 0 Å². The number of esters is 1. The zero-order chi connectivity index (χ0) is 14.9. The van der Waals surface area contributed by atoms with Crippen LogP contribution in [0, 0.1) is 5.41 Å². The Balaban J connectivity index is 4.67. The van der Waals surface area contributed by atoms with Gasteiger partial charge in [-0.3, -0.25) is 4.79 Å². The van der Waals surface area contributed by atoms with Crippen LogP contribution >= 0.6 is 37.9 Å². The van der Waals surface area contributed by atoms with E-state index in [0.29, 0.717) is 16.6 Å². The van der Waals surface area contributed by atoms with Gasteiger partial charge in [-0.15, -0.1) is 25.3 Å². The molecule has 0 heterocycles. The van der Waals surface area contributed by atoms with E-state index in [1.807, 2.05) is 6.92 Å². The van der Waals surface area contributed by atoms with Crippen LogP contribution in [0.3, 0.4) is 0 Å². The molecule has 0 bridgehead atoms. The van der Waals surface area contributed by atoms with Crippen LogP contribution < -0.4 is 0 Å². The van der Waals surface area contributed by atoms with Gasteiger partial charge in [0, 0.05) is 0 Å². The van der Waals surface area contributed by atoms with Crippen LogP contribution in [-0.2, 0) is 19.0 Å². The van der Waals surface area contributed by atoms with Gasteiger partial charge >= 0.3 is 5.97 Å². The molecule has 7 heteroatoms. The van der Waals surface area contributed by atoms with E-state index in [4.69, 9.17) is 14.2 Å². The normalized spacial score (nSPS) is 10.7. The number of hydrogen-bond donors (Lipinski definition) is 3. The SMILES string of the molecule is C=C(S)OCC(CC)(COC(=C)S)COC(=O)CS. The highest BCUT2D eigenvalue weighted by Crippen LogP contribution is 2.26. The van der Waals surface area contributed by atoms with Crippen molar-refractivity contribution in [3.8, 4) is 0 Å². The molecule has 0 aromatic heterocycles. The van der Waals surface area contributed by atoms with E-state index < -0.39 is 11.4 Å². The van der Waals surface area contributed by atoms with Crippen LogP contribution in [0.5, 0.6) is 0 Å². The molecule has 0 radical (unpaired) electrons. The summed E-state index contributed by atoms with van der Waals surface area (Å²) in [7, 11) is 0. The summed E-state index contributed by atoms with van der Waals surface area (Å²) in [6.07, 6.45) is 0.676. The Labute approximate surface area is 130 Å². The Hall–Kier alpha value is -0.400. The first-order chi connectivity index (χ1) is 8.85. The first kappa shape index (κ1) is 18.6. The molecule has 0 aliphatic rings. The Bertz CT molecular complexity index is 313. The van der Waals surface area contributed by atoms with Gasteiger partial charge in [0.1, 0.15) is 30.0 Å². The van der Waals surface area contributed by atoms with Crippen LogP contribution in [0.1, 0.15) is 13.3 Å². The summed E-state index contributed by atoms with van der Waals surface area (Å²) < 4.78 is 15.8. The second-order valence-corrected chi connectivity index (χ2v) is 5.35. The van der Waals surface area contributed by atoms with Crippen molar-refractivity contribution in [3.05, 3.63) is 23.3 Å². The maximum Gasteiger partial charge on any atom is 0.315 e. The highest BCUT2D eigenvalue weighted by atomic mass is 32.1. The average molecular weight is 324 g/mol. The molecule has 0 unspecified atom stereocenters. The predicted octanol–water partition coefficient (Wildman–Crippen LogP) is 2.69. The molecule has 0 spiro atoms. The van der Waals surface area contributed by atoms with Crippen molar-refractivity contribution in [2.75, 3.05) is 25.6 Å². The number of hydrogen-bond acceptors (Lipinski definition) is 7. The summed E-state index contributed by atoms with van der Waals surface area (Å²) in [5.41, 5.74) is -0.504. The molecule has 0 rings (SSSR count). The van der Waals surface area contributed by atoms with Crippen molar-refractivity contribution in [3.63, 3.8) is 0 Å². The van der Waals surface area contributed by atoms with Crippen molar-refractivity contribution >= 4 is 43.9 Å². The third-order valence-corrected chi connectivity index (χ3v) is 3.02. The third-order valence-electron chi connectivity index (χ3n) is 2.51. The molecule has 0 amide bonds. The fourth-order valence-corrected chi connectivity index (χ4v) is 1.40. The van der Waals surface area contributed by atoms with Crippen LogP contribution in [0.25, 0.3) is 0 Å². The molecule has 19 heavy (non-hydrogen) atoms. The van der Waals surface area contributed by atoms with Crippen molar-refractivity contribution in [2.24, 2.45) is 5.41 Å². The largest absolute Gasteiger partial charge is 0.487 e. The zero-order valence-electron chi connectivity index (χ0n) is 10.9. The monoisotopic (exact) mass is 324 g/mol. The quantitative estimate of drug-likeness (QED) is 0.328. The minimum absolute atomic E-state index is 0.0278. The summed E-state index contributed by atoms with van der Waals surface area (Å²) in [5.74, 6) is -0.365. The second-order valence-electron chi connectivity index (χ2n) is 4.04. The maximum absolute atomic E-state index is 11.2. The number of rotatable bonds is 10. The smallest absolute Gasteiger partial charge is 0.315 e. The minimum atomic E-state index is -0.504. The molecule has 0 aliphatic carbocycles. The molecule has 0 fully saturated rings. The molecule has 0 aromatic rings. The highest BCUT2D eigenvalue weighted by molar-refractivity contribution is 7.84. The third kappa shape index (κ3) is 8.39. The fraction of sp³-hybridized carbons (Fsp3) is 0.583. The minimum Gasteiger partial charge on any atom is -0.487 e. The van der Waals surface area contributed by atoms with Crippen molar-refractivity contribution in [1.82, 2.24) is 0 Å². The van der Waals surface area contributed by atoms with E-state index in [9.17, 15) is 4.79 Å². The van der Waals surface area contributed by atoms with Crippen molar-refractivity contribution < 1.29 is 19.0 Å². The lowest BCUT2D eigenvalue weighted by molar-refractivity contribution is -0.146. The Morgan fingerprint density at radius 3 is 1.79 bits per heavy atom. The molecular formula is C12H20O4S3. The number of carbonyl (C=O) groups is 1. The van der Waals surface area contributed by atoms with E-state index in [0.717, 1.165) is 0 Å². The molecule has 0 atom stereocenters. The summed E-state index contributed by atoms with van der Waals surface area (Å²) in [6.45, 7) is 9.74. The molecular weight excluding hydrogens is 304 g/mol. The fourth-order valence-electron chi connectivity index (χ4n) is 1.18. The molecule has 4 nitrogen and oxygen atoms in total. The van der Waals surface area contributed by atoms with Gasteiger partial charge in [0.05, 0.1) is 11.2 Å². The standard InChI is InChI=1S/C12H20O4S3/c1-4-12(6-14-9(2)18,7-15-10(3)19)8-16-11(13)5-17/h17-19H,2-8H2,1H3. The molecule has 0 aromatic carbocycles. The first-order valence-corrected chi connectivity index (χ1v) is 7.15. The Morgan fingerprint density at radius 1 is 1.05 bits per heavy atom. The Kier molecular flexibility index (Phi) is 9.30. The maximum atomic E-state index is 11.2. The lowest BCUT2D eigenvalue weighted by Gasteiger charge is -2.31. The first-order valence-electron chi connectivity index (χ1n) is 5.63. The van der Waals surface area contributed by atoms with Crippen LogP contribution in [0.4, 0.5) is 0 Å². The van der Waals surface area contributed by atoms with Gasteiger partial charge in [0.15, 0.2) is 0 Å². The lowest BCUT2D eigenvalue weighted by Crippen LogP contribution is -2.37. The van der Waals surface area contributed by atoms with Gasteiger partial charge in [-0.25, -0.2) is 0 Å².